The molecule has 12 heteroatoms. The van der Waals surface area contributed by atoms with Crippen molar-refractivity contribution in [1.29, 1.82) is 0 Å². The number of nitrogens with one attached hydrogen (secondary N) is 1. The Bertz CT molecular complexity index is 1180. The van der Waals surface area contributed by atoms with Crippen LogP contribution in [0.3, 0.4) is 0 Å². The third kappa shape index (κ3) is 8.05. The van der Waals surface area contributed by atoms with Gasteiger partial charge in [-0.05, 0) is 50.1 Å². The van der Waals surface area contributed by atoms with Gasteiger partial charge >= 0.3 is 0 Å². The summed E-state index contributed by atoms with van der Waals surface area (Å²) in [6.45, 7) is 3.66. The molecule has 1 atom stereocenters. The van der Waals surface area contributed by atoms with Crippen LogP contribution in [0.15, 0.2) is 36.4 Å². The Labute approximate surface area is 214 Å². The van der Waals surface area contributed by atoms with E-state index in [9.17, 15) is 26.8 Å². The van der Waals surface area contributed by atoms with E-state index in [-0.39, 0.29) is 37.5 Å². The van der Waals surface area contributed by atoms with Crippen LogP contribution in [-0.2, 0) is 26.2 Å². The molecule has 0 saturated heterocycles. The van der Waals surface area contributed by atoms with Gasteiger partial charge in [-0.1, -0.05) is 29.3 Å². The Morgan fingerprint density at radius 1 is 1.06 bits per heavy atom. The lowest BCUT2D eigenvalue weighted by Crippen LogP contribution is -2.47. The first-order valence-corrected chi connectivity index (χ1v) is 13.4. The highest BCUT2D eigenvalue weighted by Crippen LogP contribution is 2.25. The summed E-state index contributed by atoms with van der Waals surface area (Å²) in [5.41, 5.74) is 0.602. The third-order valence-electron chi connectivity index (χ3n) is 5.20. The van der Waals surface area contributed by atoms with Gasteiger partial charge in [0.2, 0.25) is 21.8 Å². The van der Waals surface area contributed by atoms with Crippen LogP contribution in [0.25, 0.3) is 0 Å². The van der Waals surface area contributed by atoms with Crippen LogP contribution < -0.4 is 9.62 Å². The maximum absolute atomic E-state index is 13.7. The van der Waals surface area contributed by atoms with E-state index < -0.39 is 33.6 Å². The molecule has 1 N–H and O–H groups in total. The molecule has 0 aromatic heterocycles. The smallest absolute Gasteiger partial charge is 0.242 e. The number of rotatable bonds is 11. The number of carbonyl (C=O) groups excluding carboxylic acids is 2. The molecule has 0 radical (unpaired) electrons. The van der Waals surface area contributed by atoms with Gasteiger partial charge in [0.25, 0.3) is 0 Å². The second kappa shape index (κ2) is 12.5. The van der Waals surface area contributed by atoms with E-state index in [1.807, 2.05) is 0 Å². The maximum Gasteiger partial charge on any atom is 0.242 e. The van der Waals surface area contributed by atoms with Crippen molar-refractivity contribution in [3.63, 3.8) is 0 Å². The summed E-state index contributed by atoms with van der Waals surface area (Å²) in [4.78, 5) is 26.9. The van der Waals surface area contributed by atoms with Crippen molar-refractivity contribution in [3.8, 4) is 0 Å². The zero-order chi connectivity index (χ0) is 26.3. The van der Waals surface area contributed by atoms with Gasteiger partial charge in [-0.3, -0.25) is 13.9 Å². The minimum atomic E-state index is -3.83. The Morgan fingerprint density at radius 2 is 1.74 bits per heavy atom. The Balaban J connectivity index is 2.19. The molecule has 2 aromatic rings. The SMILES string of the molecule is CCNC(=O)[C@H](C)N(Cc1ccc(Cl)c(Cl)c1)C(=O)CCCN(c1ccc(F)c(F)c1)S(C)(=O)=O. The van der Waals surface area contributed by atoms with Crippen molar-refractivity contribution in [1.82, 2.24) is 10.2 Å². The van der Waals surface area contributed by atoms with Gasteiger partial charge in [0, 0.05) is 32.1 Å². The fraction of sp³-hybridized carbons (Fsp3) is 0.391. The second-order valence-electron chi connectivity index (χ2n) is 7.88. The first kappa shape index (κ1) is 28.8. The van der Waals surface area contributed by atoms with Crippen LogP contribution in [-0.4, -0.2) is 50.5 Å². The molecule has 0 aliphatic heterocycles. The molecule has 2 rings (SSSR count). The largest absolute Gasteiger partial charge is 0.355 e. The molecular formula is C23H27Cl2F2N3O4S. The van der Waals surface area contributed by atoms with Crippen molar-refractivity contribution in [2.75, 3.05) is 23.7 Å². The van der Waals surface area contributed by atoms with E-state index in [2.05, 4.69) is 5.32 Å². The minimum absolute atomic E-state index is 0.0535. The number of sulfonamides is 1. The van der Waals surface area contributed by atoms with Crippen LogP contribution in [0.2, 0.25) is 10.0 Å². The molecule has 0 bridgehead atoms. The Hall–Kier alpha value is -2.43. The summed E-state index contributed by atoms with van der Waals surface area (Å²) in [6, 6.07) is 6.83. The van der Waals surface area contributed by atoms with Crippen molar-refractivity contribution < 1.29 is 26.8 Å². The quantitative estimate of drug-likeness (QED) is 0.450. The van der Waals surface area contributed by atoms with Crippen molar-refractivity contribution in [2.45, 2.75) is 39.3 Å². The molecule has 2 aromatic carbocycles. The fourth-order valence-corrected chi connectivity index (χ4v) is 4.66. The van der Waals surface area contributed by atoms with Crippen LogP contribution in [0, 0.1) is 11.6 Å². The molecule has 0 spiro atoms. The first-order chi connectivity index (χ1) is 16.3. The lowest BCUT2D eigenvalue weighted by atomic mass is 10.1. The Morgan fingerprint density at radius 3 is 2.31 bits per heavy atom. The molecule has 0 aliphatic carbocycles. The van der Waals surface area contributed by atoms with E-state index in [0.717, 1.165) is 28.8 Å². The van der Waals surface area contributed by atoms with Crippen LogP contribution in [0.5, 0.6) is 0 Å². The van der Waals surface area contributed by atoms with Crippen molar-refractivity contribution in [2.24, 2.45) is 0 Å². The first-order valence-electron chi connectivity index (χ1n) is 10.8. The predicted octanol–water partition coefficient (Wildman–Crippen LogP) is 4.37. The van der Waals surface area contributed by atoms with E-state index >= 15 is 0 Å². The number of halogens is 4. The molecule has 0 heterocycles. The summed E-state index contributed by atoms with van der Waals surface area (Å²) in [5.74, 6) is -3.03. The van der Waals surface area contributed by atoms with E-state index in [4.69, 9.17) is 23.2 Å². The second-order valence-corrected chi connectivity index (χ2v) is 10.6. The highest BCUT2D eigenvalue weighted by Gasteiger charge is 2.26. The fourth-order valence-electron chi connectivity index (χ4n) is 3.38. The van der Waals surface area contributed by atoms with Gasteiger partial charge in [0.05, 0.1) is 22.0 Å². The highest BCUT2D eigenvalue weighted by atomic mass is 35.5. The molecule has 0 aliphatic rings. The van der Waals surface area contributed by atoms with E-state index in [1.54, 1.807) is 32.0 Å². The molecule has 2 amide bonds. The van der Waals surface area contributed by atoms with Crippen LogP contribution >= 0.6 is 23.2 Å². The van der Waals surface area contributed by atoms with Gasteiger partial charge in [-0.25, -0.2) is 17.2 Å². The highest BCUT2D eigenvalue weighted by molar-refractivity contribution is 7.92. The number of likely N-dealkylation sites (N-methyl/N-ethyl adjacent to an activating group) is 1. The molecule has 0 fully saturated rings. The number of carbonyl (C=O) groups is 2. The summed E-state index contributed by atoms with van der Waals surface area (Å²) in [6.07, 6.45) is 0.912. The number of nitrogens with zero attached hydrogens (tertiary/aromatic N) is 2. The predicted molar refractivity (Wildman–Crippen MR) is 133 cm³/mol. The standard InChI is InChI=1S/C23H27Cl2F2N3O4S/c1-4-28-23(32)15(2)29(14-16-7-9-18(24)19(25)12-16)22(31)6-5-11-30(35(3,33)34)17-8-10-20(26)21(27)13-17/h7-10,12-13,15H,4-6,11,14H2,1-3H3,(H,28,32)/t15-/m0/s1. The molecule has 0 saturated carbocycles. The van der Waals surface area contributed by atoms with Gasteiger partial charge in [0.1, 0.15) is 6.04 Å². The number of hydrogen-bond acceptors (Lipinski definition) is 4. The lowest BCUT2D eigenvalue weighted by molar-refractivity contribution is -0.140. The summed E-state index contributed by atoms with van der Waals surface area (Å²) in [7, 11) is -3.83. The lowest BCUT2D eigenvalue weighted by Gasteiger charge is -2.29. The normalized spacial score (nSPS) is 12.2. The molecule has 0 unspecified atom stereocenters. The van der Waals surface area contributed by atoms with Crippen LogP contribution in [0.4, 0.5) is 14.5 Å². The van der Waals surface area contributed by atoms with Gasteiger partial charge < -0.3 is 10.2 Å². The van der Waals surface area contributed by atoms with E-state index in [1.165, 1.54) is 4.90 Å². The molecule has 35 heavy (non-hydrogen) atoms. The van der Waals surface area contributed by atoms with Gasteiger partial charge in [0.15, 0.2) is 11.6 Å². The van der Waals surface area contributed by atoms with Crippen LogP contribution in [0.1, 0.15) is 32.3 Å². The molecule has 192 valence electrons. The average molecular weight is 550 g/mol. The average Bonchev–Trinajstić information content (AvgIpc) is 2.78. The maximum atomic E-state index is 13.7. The number of amides is 2. The van der Waals surface area contributed by atoms with Gasteiger partial charge in [-0.2, -0.15) is 0 Å². The van der Waals surface area contributed by atoms with E-state index in [0.29, 0.717) is 22.2 Å². The molecule has 7 nitrogen and oxygen atoms in total. The zero-order valence-corrected chi connectivity index (χ0v) is 21.9. The van der Waals surface area contributed by atoms with Crippen molar-refractivity contribution >= 4 is 50.7 Å². The number of hydrogen-bond donors (Lipinski definition) is 1. The van der Waals surface area contributed by atoms with Crippen molar-refractivity contribution in [3.05, 3.63) is 63.6 Å². The minimum Gasteiger partial charge on any atom is -0.355 e. The molecular weight excluding hydrogens is 523 g/mol. The van der Waals surface area contributed by atoms with Gasteiger partial charge in [-0.15, -0.1) is 0 Å². The third-order valence-corrected chi connectivity index (χ3v) is 7.13. The zero-order valence-electron chi connectivity index (χ0n) is 19.5. The number of benzene rings is 2. The topological polar surface area (TPSA) is 86.8 Å². The summed E-state index contributed by atoms with van der Waals surface area (Å²) >= 11 is 12.0. The monoisotopic (exact) mass is 549 g/mol. The Kier molecular flexibility index (Phi) is 10.3. The summed E-state index contributed by atoms with van der Waals surface area (Å²) in [5, 5.41) is 3.33. The summed E-state index contributed by atoms with van der Waals surface area (Å²) < 4.78 is 52.3. The number of anilines is 1.